The van der Waals surface area contributed by atoms with E-state index in [1.54, 1.807) is 0 Å². The second-order valence-corrected chi connectivity index (χ2v) is 5.93. The van der Waals surface area contributed by atoms with E-state index in [-0.39, 0.29) is 0 Å². The second-order valence-electron chi connectivity index (χ2n) is 4.75. The molecule has 0 heterocycles. The van der Waals surface area contributed by atoms with E-state index in [4.69, 9.17) is 4.55 Å². The minimum Gasteiger partial charge on any atom is -0.273 e. The van der Waals surface area contributed by atoms with Gasteiger partial charge in [-0.05, 0) is 24.5 Å². The zero-order valence-electron chi connectivity index (χ0n) is 11.2. The highest BCUT2D eigenvalue weighted by Gasteiger charge is 2.17. The maximum Gasteiger partial charge on any atom is 0.333 e. The summed E-state index contributed by atoms with van der Waals surface area (Å²) in [5.41, 5.74) is 2.96. The van der Waals surface area contributed by atoms with Crippen LogP contribution in [0.15, 0.2) is 54.6 Å². The van der Waals surface area contributed by atoms with E-state index in [2.05, 4.69) is 4.72 Å². The van der Waals surface area contributed by atoms with Crippen LogP contribution in [0.5, 0.6) is 0 Å². The summed E-state index contributed by atoms with van der Waals surface area (Å²) in [6, 6.07) is 16.6. The van der Waals surface area contributed by atoms with Crippen LogP contribution in [0.1, 0.15) is 22.7 Å². The van der Waals surface area contributed by atoms with Gasteiger partial charge in [0.1, 0.15) is 0 Å². The van der Waals surface area contributed by atoms with Gasteiger partial charge >= 0.3 is 10.3 Å². The zero-order chi connectivity index (χ0) is 14.6. The molecule has 0 aromatic heterocycles. The van der Waals surface area contributed by atoms with E-state index in [1.807, 2.05) is 61.5 Å². The summed E-state index contributed by atoms with van der Waals surface area (Å²) in [6.07, 6.45) is 0.476. The first-order chi connectivity index (χ1) is 9.44. The third-order valence-electron chi connectivity index (χ3n) is 3.05. The number of rotatable bonds is 5. The first kappa shape index (κ1) is 14.7. The quantitative estimate of drug-likeness (QED) is 0.832. The molecule has 0 fully saturated rings. The summed E-state index contributed by atoms with van der Waals surface area (Å²) >= 11 is 0. The molecular formula is C15H17NO3S. The van der Waals surface area contributed by atoms with Gasteiger partial charge in [-0.2, -0.15) is 13.1 Å². The third-order valence-corrected chi connectivity index (χ3v) is 3.64. The van der Waals surface area contributed by atoms with Crippen molar-refractivity contribution >= 4 is 10.3 Å². The molecule has 5 heteroatoms. The fourth-order valence-electron chi connectivity index (χ4n) is 2.05. The molecule has 0 bridgehead atoms. The lowest BCUT2D eigenvalue weighted by molar-refractivity contribution is 0.452. The predicted molar refractivity (Wildman–Crippen MR) is 78.8 cm³/mol. The number of hydrogen-bond donors (Lipinski definition) is 2. The molecular weight excluding hydrogens is 274 g/mol. The van der Waals surface area contributed by atoms with Crippen molar-refractivity contribution in [1.29, 1.82) is 0 Å². The Hall–Kier alpha value is -1.69. The average Bonchev–Trinajstić information content (AvgIpc) is 2.40. The first-order valence-corrected chi connectivity index (χ1v) is 7.73. The molecule has 0 aliphatic carbocycles. The third kappa shape index (κ3) is 4.45. The van der Waals surface area contributed by atoms with Gasteiger partial charge in [0.15, 0.2) is 0 Å². The Labute approximate surface area is 119 Å². The van der Waals surface area contributed by atoms with Gasteiger partial charge in [0.05, 0.1) is 6.04 Å². The van der Waals surface area contributed by atoms with Crippen LogP contribution in [0.25, 0.3) is 0 Å². The molecule has 2 aromatic carbocycles. The predicted octanol–water partition coefficient (Wildman–Crippen LogP) is 2.67. The summed E-state index contributed by atoms with van der Waals surface area (Å²) < 4.78 is 33.5. The van der Waals surface area contributed by atoms with Crippen molar-refractivity contribution in [2.45, 2.75) is 19.4 Å². The van der Waals surface area contributed by atoms with E-state index < -0.39 is 16.3 Å². The van der Waals surface area contributed by atoms with Crippen molar-refractivity contribution in [2.75, 3.05) is 0 Å². The smallest absolute Gasteiger partial charge is 0.273 e. The van der Waals surface area contributed by atoms with Crippen LogP contribution in [0.4, 0.5) is 0 Å². The molecule has 0 saturated carbocycles. The van der Waals surface area contributed by atoms with Crippen LogP contribution >= 0.6 is 0 Å². The van der Waals surface area contributed by atoms with Crippen molar-refractivity contribution in [2.24, 2.45) is 0 Å². The molecule has 20 heavy (non-hydrogen) atoms. The van der Waals surface area contributed by atoms with Gasteiger partial charge in [-0.15, -0.1) is 0 Å². The largest absolute Gasteiger partial charge is 0.333 e. The molecule has 1 atom stereocenters. The molecule has 2 rings (SSSR count). The lowest BCUT2D eigenvalue weighted by atomic mass is 9.99. The Bertz CT molecular complexity index is 651. The molecule has 1 unspecified atom stereocenters. The second kappa shape index (κ2) is 6.17. The van der Waals surface area contributed by atoms with E-state index in [1.165, 1.54) is 0 Å². The summed E-state index contributed by atoms with van der Waals surface area (Å²) in [6.45, 7) is 1.99. The highest BCUT2D eigenvalue weighted by atomic mass is 32.2. The highest BCUT2D eigenvalue weighted by molar-refractivity contribution is 7.83. The van der Waals surface area contributed by atoms with E-state index in [9.17, 15) is 8.42 Å². The molecule has 0 saturated heterocycles. The van der Waals surface area contributed by atoms with Crippen molar-refractivity contribution in [1.82, 2.24) is 4.72 Å². The van der Waals surface area contributed by atoms with Gasteiger partial charge in [-0.1, -0.05) is 60.2 Å². The van der Waals surface area contributed by atoms with E-state index >= 15 is 0 Å². The molecule has 2 N–H and O–H groups in total. The molecule has 0 aliphatic rings. The van der Waals surface area contributed by atoms with Crippen LogP contribution < -0.4 is 4.72 Å². The molecule has 4 nitrogen and oxygen atoms in total. The minimum absolute atomic E-state index is 0.476. The number of aryl methyl sites for hydroxylation is 1. The Morgan fingerprint density at radius 3 is 2.20 bits per heavy atom. The topological polar surface area (TPSA) is 66.4 Å². The lowest BCUT2D eigenvalue weighted by Gasteiger charge is -2.17. The van der Waals surface area contributed by atoms with Gasteiger partial charge in [0.2, 0.25) is 0 Å². The van der Waals surface area contributed by atoms with Crippen LogP contribution in [0.2, 0.25) is 0 Å². The van der Waals surface area contributed by atoms with Crippen molar-refractivity contribution in [3.8, 4) is 0 Å². The van der Waals surface area contributed by atoms with Crippen LogP contribution in [0, 0.1) is 6.92 Å². The Kier molecular flexibility index (Phi) is 4.54. The Balaban J connectivity index is 2.25. The SMILES string of the molecule is Cc1ccc(CC(NS(=O)(=O)O)c2ccccc2)cc1. The van der Waals surface area contributed by atoms with E-state index in [0.717, 1.165) is 16.7 Å². The lowest BCUT2D eigenvalue weighted by Crippen LogP contribution is -2.29. The monoisotopic (exact) mass is 291 g/mol. The molecule has 2 aromatic rings. The normalized spacial score (nSPS) is 13.1. The fraction of sp³-hybridized carbons (Fsp3) is 0.200. The van der Waals surface area contributed by atoms with Gasteiger partial charge in [-0.3, -0.25) is 4.55 Å². The Morgan fingerprint density at radius 1 is 1.05 bits per heavy atom. The average molecular weight is 291 g/mol. The fourth-order valence-corrected chi connectivity index (χ4v) is 2.63. The molecule has 0 radical (unpaired) electrons. The van der Waals surface area contributed by atoms with Crippen LogP contribution in [-0.2, 0) is 16.7 Å². The summed E-state index contributed by atoms with van der Waals surface area (Å²) in [5.74, 6) is 0. The van der Waals surface area contributed by atoms with E-state index in [0.29, 0.717) is 6.42 Å². The minimum atomic E-state index is -4.25. The number of hydrogen-bond acceptors (Lipinski definition) is 2. The maximum absolute atomic E-state index is 11.1. The number of nitrogens with one attached hydrogen (secondary N) is 1. The standard InChI is InChI=1S/C15H17NO3S/c1-12-7-9-13(10-8-12)11-15(16-20(17,18)19)14-5-3-2-4-6-14/h2-10,15-16H,11H2,1H3,(H,17,18,19). The zero-order valence-corrected chi connectivity index (χ0v) is 12.0. The molecule has 106 valence electrons. The summed E-state index contributed by atoms with van der Waals surface area (Å²) in [7, 11) is -4.25. The van der Waals surface area contributed by atoms with Crippen LogP contribution in [-0.4, -0.2) is 13.0 Å². The first-order valence-electron chi connectivity index (χ1n) is 6.29. The van der Waals surface area contributed by atoms with Crippen molar-refractivity contribution in [3.63, 3.8) is 0 Å². The molecule has 0 aliphatic heterocycles. The van der Waals surface area contributed by atoms with Gasteiger partial charge < -0.3 is 0 Å². The maximum atomic E-state index is 11.1. The summed E-state index contributed by atoms with van der Waals surface area (Å²) in [5, 5.41) is 0. The Morgan fingerprint density at radius 2 is 1.65 bits per heavy atom. The van der Waals surface area contributed by atoms with Gasteiger partial charge in [-0.25, -0.2) is 0 Å². The van der Waals surface area contributed by atoms with Crippen molar-refractivity contribution < 1.29 is 13.0 Å². The molecule has 0 spiro atoms. The summed E-state index contributed by atoms with van der Waals surface area (Å²) in [4.78, 5) is 0. The highest BCUT2D eigenvalue weighted by Crippen LogP contribution is 2.19. The number of benzene rings is 2. The van der Waals surface area contributed by atoms with Crippen LogP contribution in [0.3, 0.4) is 0 Å². The van der Waals surface area contributed by atoms with Gasteiger partial charge in [0.25, 0.3) is 0 Å². The van der Waals surface area contributed by atoms with Gasteiger partial charge in [0, 0.05) is 0 Å². The van der Waals surface area contributed by atoms with Crippen molar-refractivity contribution in [3.05, 3.63) is 71.3 Å². The molecule has 0 amide bonds.